The summed E-state index contributed by atoms with van der Waals surface area (Å²) in [4.78, 5) is 26.1. The second-order valence-corrected chi connectivity index (χ2v) is 10.7. The predicted molar refractivity (Wildman–Crippen MR) is 131 cm³/mol. The lowest BCUT2D eigenvalue weighted by Gasteiger charge is -2.06. The molecule has 10 heteroatoms. The number of thiophene rings is 2. The fourth-order valence-electron chi connectivity index (χ4n) is 3.32. The van der Waals surface area contributed by atoms with Crippen molar-refractivity contribution < 1.29 is 19.4 Å². The first kappa shape index (κ1) is 21.5. The first-order valence-corrected chi connectivity index (χ1v) is 12.4. The molecule has 0 radical (unpaired) electrons. The number of aliphatic carboxylic acids is 1. The number of carboxylic acids is 1. The molecule has 1 saturated carbocycles. The molecule has 0 spiro atoms. The number of carbonyl (C=O) groups is 2. The fraction of sp³-hybridized carbons (Fsp3) is 0.174. The van der Waals surface area contributed by atoms with E-state index in [4.69, 9.17) is 10.5 Å². The third-order valence-corrected chi connectivity index (χ3v) is 8.59. The number of carboxylic acid groups (broad SMARTS) is 1. The number of hydrogen-bond acceptors (Lipinski definition) is 8. The number of aromatic nitrogens is 1. The van der Waals surface area contributed by atoms with Gasteiger partial charge in [0.05, 0.1) is 8.89 Å². The molecule has 1 amide bonds. The molecule has 1 aliphatic carbocycles. The number of ether oxygens (including phenoxy) is 1. The first-order chi connectivity index (χ1) is 15.9. The highest BCUT2D eigenvalue weighted by Gasteiger charge is 2.53. The summed E-state index contributed by atoms with van der Waals surface area (Å²) < 4.78 is 10.4. The average molecular weight is 496 g/mol. The quantitative estimate of drug-likeness (QED) is 0.325. The summed E-state index contributed by atoms with van der Waals surface area (Å²) in [5, 5.41) is 13.1. The molecule has 4 N–H and O–H groups in total. The number of carbonyl (C=O) groups excluding carboxylic acids is 1. The standard InChI is InChI=1S/C23H17N3O4S3/c24-19-18(25-22(29)30-12-13-4-2-1-3-5-13)16(33-26-19)7-6-15-10-14-11-17(32-20(14)31-15)23(8-9-23)21(27)28/h1-5,10-11H,8-9,12H2,(H2,24,26)(H,25,29)(H,27,28). The number of rotatable bonds is 5. The van der Waals surface area contributed by atoms with Gasteiger partial charge in [-0.3, -0.25) is 10.1 Å². The maximum Gasteiger partial charge on any atom is 0.412 e. The minimum Gasteiger partial charge on any atom is -0.481 e. The average Bonchev–Trinajstić information content (AvgIpc) is 3.24. The Morgan fingerprint density at radius 2 is 1.97 bits per heavy atom. The number of nitrogens with zero attached hydrogens (tertiary/aromatic N) is 1. The van der Waals surface area contributed by atoms with Crippen molar-refractivity contribution in [3.63, 3.8) is 0 Å². The van der Waals surface area contributed by atoms with Crippen molar-refractivity contribution in [3.05, 3.63) is 62.7 Å². The van der Waals surface area contributed by atoms with Crippen LogP contribution in [0.1, 0.15) is 33.0 Å². The van der Waals surface area contributed by atoms with Crippen LogP contribution < -0.4 is 11.1 Å². The fourth-order valence-corrected chi connectivity index (χ4v) is 6.48. The van der Waals surface area contributed by atoms with Gasteiger partial charge in [0.15, 0.2) is 5.82 Å². The smallest absolute Gasteiger partial charge is 0.412 e. The molecule has 3 aromatic heterocycles. The number of fused-ring (bicyclic) bond motifs is 1. The lowest BCUT2D eigenvalue weighted by atomic mass is 10.1. The van der Waals surface area contributed by atoms with Crippen molar-refractivity contribution in [2.75, 3.05) is 11.1 Å². The van der Waals surface area contributed by atoms with Crippen LogP contribution in [0, 0.1) is 11.8 Å². The van der Waals surface area contributed by atoms with Gasteiger partial charge in [-0.05, 0) is 53.9 Å². The monoisotopic (exact) mass is 495 g/mol. The van der Waals surface area contributed by atoms with Gasteiger partial charge in [-0.25, -0.2) is 4.79 Å². The predicted octanol–water partition coefficient (Wildman–Crippen LogP) is 5.27. The Labute approximate surface area is 201 Å². The van der Waals surface area contributed by atoms with Gasteiger partial charge in [-0.15, -0.1) is 22.7 Å². The van der Waals surface area contributed by atoms with Crippen LogP contribution >= 0.6 is 34.2 Å². The number of hydrogen-bond donors (Lipinski definition) is 3. The number of anilines is 2. The third-order valence-electron chi connectivity index (χ3n) is 5.30. The van der Waals surface area contributed by atoms with Crippen LogP contribution in [0.5, 0.6) is 0 Å². The lowest BCUT2D eigenvalue weighted by molar-refractivity contribution is -0.139. The molecule has 33 heavy (non-hydrogen) atoms. The van der Waals surface area contributed by atoms with E-state index in [2.05, 4.69) is 21.5 Å². The van der Waals surface area contributed by atoms with Gasteiger partial charge in [-0.1, -0.05) is 30.3 Å². The van der Waals surface area contributed by atoms with Crippen LogP contribution in [0.2, 0.25) is 0 Å². The van der Waals surface area contributed by atoms with E-state index in [0.717, 1.165) is 36.3 Å². The topological polar surface area (TPSA) is 115 Å². The molecule has 0 unspecified atom stereocenters. The summed E-state index contributed by atoms with van der Waals surface area (Å²) in [6, 6.07) is 13.3. The van der Waals surface area contributed by atoms with Gasteiger partial charge in [0.2, 0.25) is 0 Å². The number of nitrogens with two attached hydrogens (primary N) is 1. The zero-order valence-electron chi connectivity index (χ0n) is 17.1. The van der Waals surface area contributed by atoms with E-state index in [1.54, 1.807) is 0 Å². The molecule has 0 saturated heterocycles. The summed E-state index contributed by atoms with van der Waals surface area (Å²) in [5.41, 5.74) is 6.44. The zero-order chi connectivity index (χ0) is 23.0. The summed E-state index contributed by atoms with van der Waals surface area (Å²) in [5.74, 6) is 5.56. The van der Waals surface area contributed by atoms with Crippen LogP contribution in [0.25, 0.3) is 9.40 Å². The molecule has 0 bridgehead atoms. The summed E-state index contributed by atoms with van der Waals surface area (Å²) >= 11 is 4.14. The number of benzene rings is 1. The largest absolute Gasteiger partial charge is 0.481 e. The van der Waals surface area contributed by atoms with Crippen LogP contribution in [-0.2, 0) is 21.6 Å². The number of nitrogen functional groups attached to an aromatic ring is 1. The highest BCUT2D eigenvalue weighted by Crippen LogP contribution is 2.52. The van der Waals surface area contributed by atoms with Gasteiger partial charge in [-0.2, -0.15) is 4.37 Å². The Balaban J connectivity index is 1.29. The van der Waals surface area contributed by atoms with E-state index in [-0.39, 0.29) is 12.4 Å². The van der Waals surface area contributed by atoms with Crippen LogP contribution in [0.3, 0.4) is 0 Å². The molecule has 7 nitrogen and oxygen atoms in total. The van der Waals surface area contributed by atoms with Gasteiger partial charge in [0.1, 0.15) is 22.6 Å². The van der Waals surface area contributed by atoms with Crippen LogP contribution in [0.4, 0.5) is 16.3 Å². The second kappa shape index (κ2) is 8.51. The van der Waals surface area contributed by atoms with Crippen molar-refractivity contribution in [2.24, 2.45) is 0 Å². The SMILES string of the molecule is Nc1nsc(C#Cc2cc3cc(C4(C(=O)O)CC4)sc3s2)c1NC(=O)OCc1ccccc1. The molecule has 0 aliphatic heterocycles. The lowest BCUT2D eigenvalue weighted by Crippen LogP contribution is -2.17. The second-order valence-electron chi connectivity index (χ2n) is 7.56. The molecule has 166 valence electrons. The summed E-state index contributed by atoms with van der Waals surface area (Å²) in [6.45, 7) is 0.141. The van der Waals surface area contributed by atoms with Gasteiger partial charge >= 0.3 is 12.1 Å². The minimum absolute atomic E-state index is 0.141. The normalized spacial score (nSPS) is 13.8. The van der Waals surface area contributed by atoms with E-state index in [1.165, 1.54) is 22.7 Å². The Morgan fingerprint density at radius 3 is 2.67 bits per heavy atom. The van der Waals surface area contributed by atoms with Crippen LogP contribution in [0.15, 0.2) is 42.5 Å². The van der Waals surface area contributed by atoms with Gasteiger partial charge in [0.25, 0.3) is 0 Å². The van der Waals surface area contributed by atoms with Crippen molar-refractivity contribution in [2.45, 2.75) is 24.9 Å². The zero-order valence-corrected chi connectivity index (χ0v) is 19.5. The number of amides is 1. The number of nitrogens with one attached hydrogen (secondary N) is 1. The van der Waals surface area contributed by atoms with E-state index in [9.17, 15) is 14.7 Å². The van der Waals surface area contributed by atoms with Gasteiger partial charge < -0.3 is 15.6 Å². The molecule has 1 aliphatic rings. The molecule has 5 rings (SSSR count). The highest BCUT2D eigenvalue weighted by molar-refractivity contribution is 7.38. The van der Waals surface area contributed by atoms with Crippen molar-refractivity contribution in [1.82, 2.24) is 4.37 Å². The minimum atomic E-state index is -0.749. The Bertz CT molecular complexity index is 1390. The summed E-state index contributed by atoms with van der Waals surface area (Å²) in [6.07, 6.45) is 0.753. The van der Waals surface area contributed by atoms with Gasteiger partial charge in [0, 0.05) is 10.3 Å². The molecule has 1 fully saturated rings. The molecular formula is C23H17N3O4S3. The molecule has 4 aromatic rings. The first-order valence-electron chi connectivity index (χ1n) is 9.97. The van der Waals surface area contributed by atoms with E-state index in [0.29, 0.717) is 23.4 Å². The Hall–Kier alpha value is -3.39. The van der Waals surface area contributed by atoms with Crippen molar-refractivity contribution in [3.8, 4) is 11.8 Å². The van der Waals surface area contributed by atoms with E-state index < -0.39 is 17.5 Å². The van der Waals surface area contributed by atoms with E-state index >= 15 is 0 Å². The van der Waals surface area contributed by atoms with Crippen molar-refractivity contribution >= 4 is 67.2 Å². The molecule has 1 aromatic carbocycles. The van der Waals surface area contributed by atoms with Crippen LogP contribution in [-0.4, -0.2) is 21.5 Å². The van der Waals surface area contributed by atoms with E-state index in [1.807, 2.05) is 42.5 Å². The molecule has 0 atom stereocenters. The van der Waals surface area contributed by atoms with Crippen molar-refractivity contribution in [1.29, 1.82) is 0 Å². The molecule has 3 heterocycles. The maximum atomic E-state index is 12.2. The Kier molecular flexibility index (Phi) is 5.54. The highest BCUT2D eigenvalue weighted by atomic mass is 32.2. The molecular weight excluding hydrogens is 478 g/mol. The Morgan fingerprint density at radius 1 is 1.18 bits per heavy atom. The summed E-state index contributed by atoms with van der Waals surface area (Å²) in [7, 11) is 0. The third kappa shape index (κ3) is 4.30. The maximum absolute atomic E-state index is 12.2.